The maximum atomic E-state index is 14.5. The van der Waals surface area contributed by atoms with Gasteiger partial charge < -0.3 is 4.57 Å². The van der Waals surface area contributed by atoms with Crippen molar-refractivity contribution in [2.75, 3.05) is 33.3 Å². The molecule has 0 heterocycles. The second-order valence-electron chi connectivity index (χ2n) is 24.3. The van der Waals surface area contributed by atoms with Gasteiger partial charge in [-0.3, -0.25) is 0 Å². The lowest BCUT2D eigenvalue weighted by molar-refractivity contribution is 0.564. The van der Waals surface area contributed by atoms with Crippen molar-refractivity contribution < 1.29 is 4.57 Å². The number of fused-ring (bicyclic) bond motifs is 4. The maximum absolute atomic E-state index is 14.5. The van der Waals surface area contributed by atoms with E-state index in [1.165, 1.54) is 131 Å². The van der Waals surface area contributed by atoms with E-state index in [4.69, 9.17) is 6.42 Å². The summed E-state index contributed by atoms with van der Waals surface area (Å²) in [6.07, 6.45) is 29.2. The molecule has 3 heteroatoms. The van der Waals surface area contributed by atoms with Gasteiger partial charge in [0.05, 0.1) is 25.3 Å². The van der Waals surface area contributed by atoms with Crippen LogP contribution in [0.1, 0.15) is 47.1 Å². The summed E-state index contributed by atoms with van der Waals surface area (Å²) in [5.41, 5.74) is 18.4. The van der Waals surface area contributed by atoms with Crippen molar-refractivity contribution in [3.8, 4) is 45.7 Å². The van der Waals surface area contributed by atoms with E-state index in [1.807, 2.05) is 19.4 Å². The molecule has 0 radical (unpaired) electrons. The number of rotatable bonds is 8. The molecular formula is C78H61OP2+. The Kier molecular flexibility index (Phi) is 11.4. The first kappa shape index (κ1) is 49.7. The van der Waals surface area contributed by atoms with Gasteiger partial charge in [0.25, 0.3) is 0 Å². The van der Waals surface area contributed by atoms with Crippen LogP contribution in [0.15, 0.2) is 230 Å². The van der Waals surface area contributed by atoms with E-state index in [1.54, 1.807) is 0 Å². The molecule has 0 N–H and O–H groups in total. The first-order valence-corrected chi connectivity index (χ1v) is 34.2. The van der Waals surface area contributed by atoms with E-state index >= 15 is 0 Å². The molecule has 11 aromatic carbocycles. The number of hydrogen-bond donors (Lipinski definition) is 0. The molecule has 0 amide bonds. The van der Waals surface area contributed by atoms with Crippen LogP contribution in [0, 0.1) is 24.2 Å². The number of terminal acetylenes is 1. The van der Waals surface area contributed by atoms with Gasteiger partial charge in [0.15, 0.2) is 0 Å². The van der Waals surface area contributed by atoms with Gasteiger partial charge >= 0.3 is 0 Å². The highest BCUT2D eigenvalue weighted by Gasteiger charge is 2.32. The van der Waals surface area contributed by atoms with Crippen LogP contribution in [-0.4, -0.2) is 33.3 Å². The van der Waals surface area contributed by atoms with E-state index in [2.05, 4.69) is 251 Å². The summed E-state index contributed by atoms with van der Waals surface area (Å²) in [5, 5.41) is 17.6. The smallest absolute Gasteiger partial charge is 0.109 e. The highest BCUT2D eigenvalue weighted by Crippen LogP contribution is 2.53. The van der Waals surface area contributed by atoms with Crippen LogP contribution in [-0.2, 0) is 4.57 Å². The van der Waals surface area contributed by atoms with Crippen molar-refractivity contribution in [1.82, 2.24) is 0 Å². The normalized spacial score (nSPS) is 17.8. The quantitative estimate of drug-likeness (QED) is 0.0842. The van der Waals surface area contributed by atoms with E-state index in [-0.39, 0.29) is 17.8 Å². The van der Waals surface area contributed by atoms with Gasteiger partial charge in [-0.2, -0.15) is 0 Å². The molecule has 388 valence electrons. The molecule has 0 spiro atoms. The molecule has 4 aliphatic rings. The average molecular weight is 1080 g/mol. The van der Waals surface area contributed by atoms with E-state index in [0.717, 1.165) is 34.0 Å². The fourth-order valence-corrected chi connectivity index (χ4v) is 16.2. The standard InChI is InChI=1S/C78H61OP2/c1-8-9-23-62-47(2)61-24-12-10-17-52(61)44-71(62)57-39-58(43-60(42-57)81(6,7)79)72-45-53-18-11-13-25-65(53)77-66(72)26-16-27-67(77)73-46-54-22-15-21-50-32-35-69-64(36-37-70(73)78(69)75(50)54)56-38-55(40-59(41-56)80(3,4)5)63-33-30-51-29-28-48-19-14-20-49-31-34-68(63)76(51)74(48)49/h1,9-21,23-47,54,61H,22H2,2-7H3/q+1/b23-9-. The van der Waals surface area contributed by atoms with Gasteiger partial charge in [-0.1, -0.05) is 183 Å². The Morgan fingerprint density at radius 1 is 0.580 bits per heavy atom. The average Bonchev–Trinajstić information content (AvgIpc) is 3.65. The summed E-state index contributed by atoms with van der Waals surface area (Å²) >= 11 is 0. The molecule has 0 saturated carbocycles. The van der Waals surface area contributed by atoms with E-state index in [0.29, 0.717) is 0 Å². The maximum Gasteiger partial charge on any atom is 0.109 e. The molecule has 0 aromatic heterocycles. The lowest BCUT2D eigenvalue weighted by Gasteiger charge is -2.32. The molecule has 11 aromatic rings. The van der Waals surface area contributed by atoms with Crippen LogP contribution < -0.4 is 10.6 Å². The summed E-state index contributed by atoms with van der Waals surface area (Å²) < 4.78 is 14.5. The molecule has 4 aliphatic carbocycles. The fraction of sp³-hybridized carbons (Fsp3) is 0.128. The fourth-order valence-electron chi connectivity index (χ4n) is 14.3. The largest absolute Gasteiger partial charge is 0.319 e. The highest BCUT2D eigenvalue weighted by atomic mass is 31.2. The molecule has 3 unspecified atom stereocenters. The number of benzene rings is 11. The van der Waals surface area contributed by atoms with Crippen LogP contribution >= 0.6 is 14.4 Å². The highest BCUT2D eigenvalue weighted by molar-refractivity contribution is 7.81. The lowest BCUT2D eigenvalue weighted by atomic mass is 9.72. The zero-order valence-corrected chi connectivity index (χ0v) is 48.5. The third kappa shape index (κ3) is 7.98. The van der Waals surface area contributed by atoms with Crippen LogP contribution in [0.25, 0.3) is 115 Å². The van der Waals surface area contributed by atoms with E-state index in [9.17, 15) is 4.57 Å². The van der Waals surface area contributed by atoms with Gasteiger partial charge in [0, 0.05) is 24.4 Å². The minimum absolute atomic E-state index is 0.194. The van der Waals surface area contributed by atoms with Gasteiger partial charge in [0.1, 0.15) is 7.14 Å². The molecule has 1 nitrogen and oxygen atoms in total. The third-order valence-corrected chi connectivity index (χ3v) is 21.6. The molecule has 0 aliphatic heterocycles. The third-order valence-electron chi connectivity index (χ3n) is 18.3. The van der Waals surface area contributed by atoms with Gasteiger partial charge in [-0.05, 0) is 228 Å². The van der Waals surface area contributed by atoms with Crippen LogP contribution in [0.5, 0.6) is 0 Å². The second kappa shape index (κ2) is 18.6. The first-order chi connectivity index (χ1) is 39.3. The van der Waals surface area contributed by atoms with Gasteiger partial charge in [-0.25, -0.2) is 0 Å². The SMILES string of the molecule is C#C/C=C\C1=C(c2cc(-c3cc4ccccc4c4c(C5=CC6CC=Cc7ccc8c(-c9cc(-c%10ccc%11ccc%12cccc%13ccc%10c%11c%12%13)cc([P+](C)(C)C)c9)ccc5c8c76)cccc34)cc(P(C)(C)=O)c2)C=C2C=CC=CC2C1C. The minimum Gasteiger partial charge on any atom is -0.319 e. The Morgan fingerprint density at radius 3 is 2.00 bits per heavy atom. The van der Waals surface area contributed by atoms with Crippen LogP contribution in [0.2, 0.25) is 0 Å². The van der Waals surface area contributed by atoms with Crippen LogP contribution in [0.4, 0.5) is 0 Å². The first-order valence-electron chi connectivity index (χ1n) is 28.5. The summed E-state index contributed by atoms with van der Waals surface area (Å²) in [6, 6.07) is 62.6. The molecule has 0 saturated heterocycles. The zero-order chi connectivity index (χ0) is 55.1. The second-order valence-corrected chi connectivity index (χ2v) is 32.1. The predicted octanol–water partition coefficient (Wildman–Crippen LogP) is 20.0. The molecule has 15 rings (SSSR count). The summed E-state index contributed by atoms with van der Waals surface area (Å²) in [4.78, 5) is 0. The van der Waals surface area contributed by atoms with Gasteiger partial charge in [0.2, 0.25) is 0 Å². The Bertz CT molecular complexity index is 4890. The summed E-state index contributed by atoms with van der Waals surface area (Å²) in [6.45, 7) is 13.4. The minimum atomic E-state index is -2.74. The van der Waals surface area contributed by atoms with Crippen molar-refractivity contribution >= 4 is 107 Å². The van der Waals surface area contributed by atoms with Crippen molar-refractivity contribution in [1.29, 1.82) is 0 Å². The van der Waals surface area contributed by atoms with Crippen molar-refractivity contribution in [3.05, 3.63) is 257 Å². The van der Waals surface area contributed by atoms with Crippen molar-refractivity contribution in [2.24, 2.45) is 11.8 Å². The Labute approximate surface area is 476 Å². The Morgan fingerprint density at radius 2 is 1.21 bits per heavy atom. The Balaban J connectivity index is 0.934. The molecular weight excluding hydrogens is 1010 g/mol. The topological polar surface area (TPSA) is 17.1 Å². The molecule has 3 atom stereocenters. The van der Waals surface area contributed by atoms with Crippen LogP contribution in [0.3, 0.4) is 0 Å². The molecule has 0 fully saturated rings. The predicted molar refractivity (Wildman–Crippen MR) is 356 cm³/mol. The lowest BCUT2D eigenvalue weighted by Crippen LogP contribution is -2.19. The molecule has 81 heavy (non-hydrogen) atoms. The van der Waals surface area contributed by atoms with Gasteiger partial charge in [-0.15, -0.1) is 6.42 Å². The zero-order valence-electron chi connectivity index (χ0n) is 46.7. The summed E-state index contributed by atoms with van der Waals surface area (Å²) in [5.74, 6) is 3.43. The van der Waals surface area contributed by atoms with E-state index < -0.39 is 14.4 Å². The Hall–Kier alpha value is -8.36. The number of hydrogen-bond acceptors (Lipinski definition) is 1. The monoisotopic (exact) mass is 1080 g/mol. The molecule has 0 bridgehead atoms. The van der Waals surface area contributed by atoms with Crippen molar-refractivity contribution in [3.63, 3.8) is 0 Å². The van der Waals surface area contributed by atoms with Crippen molar-refractivity contribution in [2.45, 2.75) is 19.3 Å². The number of allylic oxidation sites excluding steroid dienone is 12. The summed E-state index contributed by atoms with van der Waals surface area (Å²) in [7, 11) is -4.22.